The summed E-state index contributed by atoms with van der Waals surface area (Å²) in [6.45, 7) is 0.482. The maximum Gasteiger partial charge on any atom is 0.313 e. The number of carbonyl (C=O) groups excluding carboxylic acids is 1. The Bertz CT molecular complexity index is 622. The molecule has 0 bridgehead atoms. The predicted octanol–water partition coefficient (Wildman–Crippen LogP) is 4.11. The first-order chi connectivity index (χ1) is 10.7. The third-order valence-electron chi connectivity index (χ3n) is 4.33. The first-order valence-corrected chi connectivity index (χ1v) is 7.70. The summed E-state index contributed by atoms with van der Waals surface area (Å²) < 4.78 is 18.3. The Kier molecular flexibility index (Phi) is 4.52. The number of ether oxygens (including phenoxy) is 1. The summed E-state index contributed by atoms with van der Waals surface area (Å²) in [4.78, 5) is 12.2. The van der Waals surface area contributed by atoms with E-state index in [0.29, 0.717) is 6.61 Å². The highest BCUT2D eigenvalue weighted by Gasteiger charge is 2.34. The van der Waals surface area contributed by atoms with Gasteiger partial charge in [-0.25, -0.2) is 4.39 Å². The van der Waals surface area contributed by atoms with Gasteiger partial charge in [-0.3, -0.25) is 4.79 Å². The molecule has 2 aromatic carbocycles. The van der Waals surface area contributed by atoms with E-state index in [1.807, 2.05) is 18.2 Å². The van der Waals surface area contributed by atoms with Crippen LogP contribution < -0.4 is 0 Å². The van der Waals surface area contributed by atoms with E-state index < -0.39 is 0 Å². The molecule has 3 heteroatoms. The molecule has 22 heavy (non-hydrogen) atoms. The van der Waals surface area contributed by atoms with Crippen molar-refractivity contribution in [2.45, 2.75) is 25.2 Å². The predicted molar refractivity (Wildman–Crippen MR) is 83.0 cm³/mol. The van der Waals surface area contributed by atoms with Gasteiger partial charge < -0.3 is 4.74 Å². The van der Waals surface area contributed by atoms with Crippen molar-refractivity contribution < 1.29 is 13.9 Å². The quantitative estimate of drug-likeness (QED) is 0.794. The van der Waals surface area contributed by atoms with E-state index in [9.17, 15) is 9.18 Å². The van der Waals surface area contributed by atoms with Crippen LogP contribution in [-0.4, -0.2) is 12.6 Å². The lowest BCUT2D eigenvalue weighted by molar-refractivity contribution is -0.152. The lowest BCUT2D eigenvalue weighted by Crippen LogP contribution is -2.31. The molecular weight excluding hydrogens is 279 g/mol. The molecule has 0 aromatic heterocycles. The molecule has 1 saturated heterocycles. The van der Waals surface area contributed by atoms with Crippen LogP contribution in [0.5, 0.6) is 0 Å². The van der Waals surface area contributed by atoms with Crippen LogP contribution in [-0.2, 0) is 16.0 Å². The molecule has 0 spiro atoms. The SMILES string of the molecule is O=C1OCC[C@@H](CCc2ccccc2)[C@@H]1c1ccc(F)cc1. The van der Waals surface area contributed by atoms with Gasteiger partial charge in [0.05, 0.1) is 12.5 Å². The minimum atomic E-state index is -0.284. The fourth-order valence-corrected chi connectivity index (χ4v) is 3.15. The van der Waals surface area contributed by atoms with Gasteiger partial charge in [-0.1, -0.05) is 42.5 Å². The molecule has 3 rings (SSSR count). The van der Waals surface area contributed by atoms with Crippen molar-refractivity contribution in [3.63, 3.8) is 0 Å². The van der Waals surface area contributed by atoms with Crippen LogP contribution in [0.15, 0.2) is 54.6 Å². The van der Waals surface area contributed by atoms with Gasteiger partial charge in [0.25, 0.3) is 0 Å². The molecule has 0 N–H and O–H groups in total. The number of hydrogen-bond acceptors (Lipinski definition) is 2. The highest BCUT2D eigenvalue weighted by atomic mass is 19.1. The van der Waals surface area contributed by atoms with Crippen LogP contribution in [0.3, 0.4) is 0 Å². The Morgan fingerprint density at radius 2 is 1.77 bits per heavy atom. The second-order valence-electron chi connectivity index (χ2n) is 5.77. The van der Waals surface area contributed by atoms with Crippen molar-refractivity contribution in [1.29, 1.82) is 0 Å². The van der Waals surface area contributed by atoms with E-state index in [2.05, 4.69) is 12.1 Å². The fraction of sp³-hybridized carbons (Fsp3) is 0.316. The van der Waals surface area contributed by atoms with E-state index in [4.69, 9.17) is 4.74 Å². The maximum atomic E-state index is 13.1. The first-order valence-electron chi connectivity index (χ1n) is 7.70. The summed E-state index contributed by atoms with van der Waals surface area (Å²) in [5.74, 6) is -0.505. The van der Waals surface area contributed by atoms with Crippen molar-refractivity contribution >= 4 is 5.97 Å². The monoisotopic (exact) mass is 298 g/mol. The van der Waals surface area contributed by atoms with Crippen molar-refractivity contribution in [3.8, 4) is 0 Å². The normalized spacial score (nSPS) is 21.4. The van der Waals surface area contributed by atoms with Crippen LogP contribution in [0.1, 0.15) is 29.9 Å². The van der Waals surface area contributed by atoms with Gasteiger partial charge in [-0.05, 0) is 48.4 Å². The highest BCUT2D eigenvalue weighted by Crippen LogP contribution is 2.35. The molecule has 1 heterocycles. The Morgan fingerprint density at radius 1 is 1.05 bits per heavy atom. The number of hydrogen-bond donors (Lipinski definition) is 0. The van der Waals surface area contributed by atoms with Crippen LogP contribution in [0, 0.1) is 11.7 Å². The molecular formula is C19H19FO2. The third kappa shape index (κ3) is 3.35. The largest absolute Gasteiger partial charge is 0.465 e. The Hall–Kier alpha value is -2.16. The molecule has 0 saturated carbocycles. The standard InChI is InChI=1S/C19H19FO2/c20-17-10-8-15(9-11-17)18-16(12-13-22-19(18)21)7-6-14-4-2-1-3-5-14/h1-5,8-11,16,18H,6-7,12-13H2/t16-,18+/m1/s1. The number of rotatable bonds is 4. The smallest absolute Gasteiger partial charge is 0.313 e. The van der Waals surface area contributed by atoms with E-state index >= 15 is 0 Å². The Morgan fingerprint density at radius 3 is 2.50 bits per heavy atom. The van der Waals surface area contributed by atoms with E-state index in [-0.39, 0.29) is 23.6 Å². The zero-order valence-corrected chi connectivity index (χ0v) is 12.4. The summed E-state index contributed by atoms with van der Waals surface area (Å²) in [5.41, 5.74) is 2.13. The van der Waals surface area contributed by atoms with Crippen molar-refractivity contribution in [1.82, 2.24) is 0 Å². The zero-order valence-electron chi connectivity index (χ0n) is 12.4. The minimum Gasteiger partial charge on any atom is -0.465 e. The van der Waals surface area contributed by atoms with Gasteiger partial charge in [0.15, 0.2) is 0 Å². The average Bonchev–Trinajstić information content (AvgIpc) is 2.55. The van der Waals surface area contributed by atoms with Crippen LogP contribution >= 0.6 is 0 Å². The molecule has 0 amide bonds. The fourth-order valence-electron chi connectivity index (χ4n) is 3.15. The Balaban J connectivity index is 1.75. The van der Waals surface area contributed by atoms with E-state index in [1.165, 1.54) is 17.7 Å². The molecule has 2 nitrogen and oxygen atoms in total. The first kappa shape index (κ1) is 14.8. The van der Waals surface area contributed by atoms with E-state index in [1.54, 1.807) is 12.1 Å². The molecule has 114 valence electrons. The molecule has 1 fully saturated rings. The van der Waals surface area contributed by atoms with Gasteiger partial charge in [0.2, 0.25) is 0 Å². The molecule has 2 atom stereocenters. The summed E-state index contributed by atoms with van der Waals surface area (Å²) in [7, 11) is 0. The van der Waals surface area contributed by atoms with Crippen molar-refractivity contribution in [2.24, 2.45) is 5.92 Å². The topological polar surface area (TPSA) is 26.3 Å². The summed E-state index contributed by atoms with van der Waals surface area (Å²) >= 11 is 0. The van der Waals surface area contributed by atoms with Crippen LogP contribution in [0.2, 0.25) is 0 Å². The van der Waals surface area contributed by atoms with Crippen molar-refractivity contribution in [2.75, 3.05) is 6.61 Å². The Labute approximate surface area is 129 Å². The minimum absolute atomic E-state index is 0.184. The number of benzene rings is 2. The summed E-state index contributed by atoms with van der Waals surface area (Å²) in [6.07, 6.45) is 2.73. The lowest BCUT2D eigenvalue weighted by Gasteiger charge is -2.30. The molecule has 0 aliphatic carbocycles. The van der Waals surface area contributed by atoms with E-state index in [0.717, 1.165) is 24.8 Å². The number of esters is 1. The molecule has 1 aliphatic rings. The number of cyclic esters (lactones) is 1. The second-order valence-corrected chi connectivity index (χ2v) is 5.77. The van der Waals surface area contributed by atoms with Gasteiger partial charge in [-0.15, -0.1) is 0 Å². The van der Waals surface area contributed by atoms with Crippen LogP contribution in [0.25, 0.3) is 0 Å². The average molecular weight is 298 g/mol. The van der Waals surface area contributed by atoms with Gasteiger partial charge in [0, 0.05) is 0 Å². The second kappa shape index (κ2) is 6.73. The van der Waals surface area contributed by atoms with Crippen LogP contribution in [0.4, 0.5) is 4.39 Å². The molecule has 1 aliphatic heterocycles. The number of aryl methyl sites for hydroxylation is 1. The summed E-state index contributed by atoms with van der Waals surface area (Å²) in [6, 6.07) is 16.5. The molecule has 0 radical (unpaired) electrons. The zero-order chi connectivity index (χ0) is 15.4. The third-order valence-corrected chi connectivity index (χ3v) is 4.33. The lowest BCUT2D eigenvalue weighted by atomic mass is 9.79. The van der Waals surface area contributed by atoms with Gasteiger partial charge >= 0.3 is 5.97 Å². The number of carbonyl (C=O) groups is 1. The van der Waals surface area contributed by atoms with Gasteiger partial charge in [-0.2, -0.15) is 0 Å². The van der Waals surface area contributed by atoms with Gasteiger partial charge in [0.1, 0.15) is 5.82 Å². The molecule has 0 unspecified atom stereocenters. The maximum absolute atomic E-state index is 13.1. The summed E-state index contributed by atoms with van der Waals surface area (Å²) in [5, 5.41) is 0. The van der Waals surface area contributed by atoms with Crippen molar-refractivity contribution in [3.05, 3.63) is 71.5 Å². The highest BCUT2D eigenvalue weighted by molar-refractivity contribution is 5.79. The molecule has 2 aromatic rings. The number of halogens is 1.